The molecule has 7 nitrogen and oxygen atoms in total. The molecule has 110 valence electrons. The van der Waals surface area contributed by atoms with Crippen LogP contribution in [0.2, 0.25) is 0 Å². The van der Waals surface area contributed by atoms with Crippen LogP contribution in [-0.4, -0.2) is 30.8 Å². The molecule has 1 aromatic rings. The second-order valence-electron chi connectivity index (χ2n) is 5.89. The van der Waals surface area contributed by atoms with Crippen molar-refractivity contribution in [2.75, 3.05) is 12.5 Å². The smallest absolute Gasteiger partial charge is 0.248 e. The number of hydrogen-bond donors (Lipinski definition) is 0. The fourth-order valence-electron chi connectivity index (χ4n) is 3.32. The third-order valence-electron chi connectivity index (χ3n) is 3.86. The normalized spacial score (nSPS) is 24.1. The van der Waals surface area contributed by atoms with Gasteiger partial charge < -0.3 is 0 Å². The van der Waals surface area contributed by atoms with Crippen LogP contribution in [0.3, 0.4) is 0 Å². The van der Waals surface area contributed by atoms with Gasteiger partial charge in [0.25, 0.3) is 0 Å². The van der Waals surface area contributed by atoms with Crippen LogP contribution >= 0.6 is 0 Å². The lowest BCUT2D eigenvalue weighted by Gasteiger charge is -2.12. The molecule has 0 unspecified atom stereocenters. The van der Waals surface area contributed by atoms with E-state index < -0.39 is 21.1 Å². The molecule has 2 bridgehead atoms. The van der Waals surface area contributed by atoms with Crippen molar-refractivity contribution in [3.8, 4) is 0 Å². The molecular formula is C12H18N4O3S. The topological polar surface area (TPSA) is 78.4 Å². The van der Waals surface area contributed by atoms with Crippen LogP contribution in [0.1, 0.15) is 38.8 Å². The Morgan fingerprint density at radius 3 is 1.90 bits per heavy atom. The highest BCUT2D eigenvalue weighted by molar-refractivity contribution is 7.92. The molecule has 2 heterocycles. The molecule has 0 spiro atoms. The van der Waals surface area contributed by atoms with Crippen LogP contribution < -0.4 is 11.4 Å². The van der Waals surface area contributed by atoms with Crippen LogP contribution in [0.15, 0.2) is 25.2 Å². The molecule has 1 fully saturated rings. The Hall–Kier alpha value is -1.57. The van der Waals surface area contributed by atoms with Crippen LogP contribution in [0, 0.1) is 0 Å². The van der Waals surface area contributed by atoms with Gasteiger partial charge in [-0.2, -0.15) is 0 Å². The molecule has 2 atom stereocenters. The number of nitrogens with zero attached hydrogens (tertiary/aromatic N) is 4. The third kappa shape index (κ3) is 1.67. The van der Waals surface area contributed by atoms with E-state index >= 15 is 0 Å². The molecule has 1 aliphatic carbocycles. The zero-order chi connectivity index (χ0) is 14.8. The van der Waals surface area contributed by atoms with E-state index in [2.05, 4.69) is 4.47 Å². The predicted molar refractivity (Wildman–Crippen MR) is 76.5 cm³/mol. The van der Waals surface area contributed by atoms with E-state index in [9.17, 15) is 13.8 Å². The Morgan fingerprint density at radius 2 is 1.55 bits per heavy atom. The molecule has 0 amide bonds. The van der Waals surface area contributed by atoms with Crippen molar-refractivity contribution < 1.29 is 4.21 Å². The Labute approximate surface area is 116 Å². The quantitative estimate of drug-likeness (QED) is 0.709. The van der Waals surface area contributed by atoms with Crippen molar-refractivity contribution in [3.05, 3.63) is 32.1 Å². The molecule has 20 heavy (non-hydrogen) atoms. The van der Waals surface area contributed by atoms with E-state index in [1.54, 1.807) is 0 Å². The second-order valence-corrected chi connectivity index (χ2v) is 8.42. The second kappa shape index (κ2) is 3.97. The molecule has 3 rings (SSSR count). The molecule has 0 aromatic carbocycles. The lowest BCUT2D eigenvalue weighted by molar-refractivity contribution is 0.374. The first-order chi connectivity index (χ1) is 9.22. The van der Waals surface area contributed by atoms with Gasteiger partial charge in [0, 0.05) is 12.5 Å². The summed E-state index contributed by atoms with van der Waals surface area (Å²) in [5.74, 6) is 0. The van der Waals surface area contributed by atoms with Crippen LogP contribution in [0.4, 0.5) is 0 Å². The molecule has 1 saturated carbocycles. The van der Waals surface area contributed by atoms with E-state index in [1.165, 1.54) is 27.4 Å². The summed E-state index contributed by atoms with van der Waals surface area (Å²) >= 11 is 0. The number of aromatic nitrogens is 3. The van der Waals surface area contributed by atoms with Gasteiger partial charge in [0.15, 0.2) is 0 Å². The molecule has 0 radical (unpaired) electrons. The molecule has 8 heteroatoms. The van der Waals surface area contributed by atoms with E-state index in [-0.39, 0.29) is 12.1 Å². The minimum Gasteiger partial charge on any atom is -0.248 e. The van der Waals surface area contributed by atoms with E-state index in [1.807, 2.05) is 13.8 Å². The first-order valence-corrected chi connectivity index (χ1v) is 8.86. The number of hydrogen-bond acceptors (Lipinski definition) is 4. The van der Waals surface area contributed by atoms with Gasteiger partial charge in [-0.15, -0.1) is 9.15 Å². The summed E-state index contributed by atoms with van der Waals surface area (Å²) in [5.41, 5.74) is 1.35. The third-order valence-corrected chi connectivity index (χ3v) is 4.42. The van der Waals surface area contributed by atoms with E-state index in [4.69, 9.17) is 0 Å². The van der Waals surface area contributed by atoms with Crippen LogP contribution in [0.25, 0.3) is 0 Å². The summed E-state index contributed by atoms with van der Waals surface area (Å²) in [4.78, 5) is 24.8. The minimum atomic E-state index is -2.55. The van der Waals surface area contributed by atoms with Gasteiger partial charge >= 0.3 is 11.4 Å². The fourth-order valence-corrected chi connectivity index (χ4v) is 3.85. The summed E-state index contributed by atoms with van der Waals surface area (Å²) < 4.78 is 19.2. The van der Waals surface area contributed by atoms with Crippen molar-refractivity contribution >= 4 is 9.73 Å². The van der Waals surface area contributed by atoms with Crippen LogP contribution in [-0.2, 0) is 9.73 Å². The maximum Gasteiger partial charge on any atom is 0.369 e. The molecule has 1 aromatic heterocycles. The summed E-state index contributed by atoms with van der Waals surface area (Å²) in [7, 11) is -2.55. The largest absolute Gasteiger partial charge is 0.369 e. The number of rotatable bonds is 1. The van der Waals surface area contributed by atoms with Gasteiger partial charge in [0.1, 0.15) is 0 Å². The van der Waals surface area contributed by atoms with Crippen molar-refractivity contribution in [2.45, 2.75) is 38.8 Å². The maximum absolute atomic E-state index is 12.4. The molecule has 1 aliphatic heterocycles. The summed E-state index contributed by atoms with van der Waals surface area (Å²) in [6.45, 7) is 4.01. The van der Waals surface area contributed by atoms with Crippen molar-refractivity contribution in [1.29, 1.82) is 0 Å². The molecule has 2 aliphatic rings. The SMILES string of the molecule is CC(C)=C1[C@H]2CC[C@@H]1n1c(=O)n(N=S(C)(C)=O)c(=O)n12. The summed E-state index contributed by atoms with van der Waals surface area (Å²) in [6, 6.07) is -0.0992. The Morgan fingerprint density at radius 1 is 1.10 bits per heavy atom. The average molecular weight is 298 g/mol. The van der Waals surface area contributed by atoms with Gasteiger partial charge in [-0.1, -0.05) is 5.57 Å². The highest BCUT2D eigenvalue weighted by Crippen LogP contribution is 2.48. The Kier molecular flexibility index (Phi) is 2.66. The zero-order valence-corrected chi connectivity index (χ0v) is 12.8. The van der Waals surface area contributed by atoms with Crippen molar-refractivity contribution in [3.63, 3.8) is 0 Å². The summed E-state index contributed by atoms with van der Waals surface area (Å²) in [5, 5.41) is 0. The molecule has 0 saturated heterocycles. The average Bonchev–Trinajstić information content (AvgIpc) is 2.93. The van der Waals surface area contributed by atoms with Crippen molar-refractivity contribution in [1.82, 2.24) is 14.0 Å². The molecule has 0 N–H and O–H groups in total. The van der Waals surface area contributed by atoms with E-state index in [0.29, 0.717) is 0 Å². The Balaban J connectivity index is 2.33. The first kappa shape index (κ1) is 13.4. The van der Waals surface area contributed by atoms with E-state index in [0.717, 1.165) is 23.1 Å². The fraction of sp³-hybridized carbons (Fsp3) is 0.667. The first-order valence-electron chi connectivity index (χ1n) is 6.53. The lowest BCUT2D eigenvalue weighted by Crippen LogP contribution is -2.28. The number of fused-ring (bicyclic) bond motifs is 5. The number of allylic oxidation sites excluding steroid dienone is 2. The van der Waals surface area contributed by atoms with Crippen molar-refractivity contribution in [2.24, 2.45) is 4.47 Å². The zero-order valence-electron chi connectivity index (χ0n) is 12.0. The monoisotopic (exact) mass is 298 g/mol. The summed E-state index contributed by atoms with van der Waals surface area (Å²) in [6.07, 6.45) is 4.54. The minimum absolute atomic E-state index is 0.0496. The van der Waals surface area contributed by atoms with Gasteiger partial charge in [-0.3, -0.25) is 0 Å². The van der Waals surface area contributed by atoms with Gasteiger partial charge in [0.05, 0.1) is 21.8 Å². The van der Waals surface area contributed by atoms with Crippen LogP contribution in [0.5, 0.6) is 0 Å². The lowest BCUT2D eigenvalue weighted by atomic mass is 10.0. The Bertz CT molecular complexity index is 803. The maximum atomic E-state index is 12.4. The van der Waals surface area contributed by atoms with Gasteiger partial charge in [-0.25, -0.2) is 23.2 Å². The van der Waals surface area contributed by atoms with Gasteiger partial charge in [-0.05, 0) is 32.3 Å². The highest BCUT2D eigenvalue weighted by Gasteiger charge is 2.45. The predicted octanol–water partition coefficient (Wildman–Crippen LogP) is 0.528. The van der Waals surface area contributed by atoms with Gasteiger partial charge in [0.2, 0.25) is 0 Å². The standard InChI is InChI=1S/C12H18N4O3S/c1-7(2)10-8-5-6-9(10)16-12(18)14(11(17)15(8)16)13-20(3,4)19/h8-9H,5-6H2,1-4H3/t8-,9+. The highest BCUT2D eigenvalue weighted by atomic mass is 32.2. The molecular weight excluding hydrogens is 280 g/mol.